The molecule has 0 N–H and O–H groups in total. The van der Waals surface area contributed by atoms with Crippen molar-refractivity contribution >= 4 is 11.0 Å². The van der Waals surface area contributed by atoms with Gasteiger partial charge < -0.3 is 9.15 Å². The minimum Gasteiger partial charge on any atom is -0.493 e. The fraction of sp³-hybridized carbons (Fsp3) is 0.259. The number of hydrogen-bond acceptors (Lipinski definition) is 3. The number of benzene rings is 3. The molecule has 0 bridgehead atoms. The molecule has 0 spiro atoms. The number of piperidine rings is 1. The van der Waals surface area contributed by atoms with Gasteiger partial charge in [-0.2, -0.15) is 0 Å². The molecule has 0 radical (unpaired) electrons. The number of nitrogens with zero attached hydrogens (tertiary/aromatic N) is 1. The standard InChI is InChI=1S/C27H26FNO2/c1-30-26-16-19(18-29-13-11-21(12-14-29)20-7-3-2-4-8-20)15-22-17-25(31-27(22)26)23-9-5-6-10-24(23)28/h2-10,15-17,21H,11-14,18H2,1H3. The zero-order valence-electron chi connectivity index (χ0n) is 17.7. The van der Waals surface area contributed by atoms with E-state index in [0.29, 0.717) is 28.6 Å². The quantitative estimate of drug-likeness (QED) is 0.366. The van der Waals surface area contributed by atoms with E-state index in [1.807, 2.05) is 18.2 Å². The summed E-state index contributed by atoms with van der Waals surface area (Å²) in [6.07, 6.45) is 2.35. The third-order valence-electron chi connectivity index (χ3n) is 6.27. The molecule has 4 aromatic rings. The molecule has 1 aliphatic heterocycles. The molecule has 1 aromatic heterocycles. The van der Waals surface area contributed by atoms with E-state index in [-0.39, 0.29) is 5.82 Å². The maximum Gasteiger partial charge on any atom is 0.176 e. The highest BCUT2D eigenvalue weighted by molar-refractivity contribution is 5.88. The molecule has 4 heteroatoms. The largest absolute Gasteiger partial charge is 0.493 e. The van der Waals surface area contributed by atoms with E-state index in [1.165, 1.54) is 30.0 Å². The predicted molar refractivity (Wildman–Crippen MR) is 122 cm³/mol. The van der Waals surface area contributed by atoms with Crippen molar-refractivity contribution in [2.75, 3.05) is 20.2 Å². The summed E-state index contributed by atoms with van der Waals surface area (Å²) in [5, 5.41) is 0.937. The Balaban J connectivity index is 1.35. The van der Waals surface area contributed by atoms with Gasteiger partial charge in [0.1, 0.15) is 11.6 Å². The van der Waals surface area contributed by atoms with Crippen LogP contribution in [0.4, 0.5) is 4.39 Å². The van der Waals surface area contributed by atoms with Crippen LogP contribution in [0.15, 0.2) is 77.2 Å². The molecule has 1 aliphatic rings. The molecule has 0 aliphatic carbocycles. The van der Waals surface area contributed by atoms with Gasteiger partial charge in [0, 0.05) is 11.9 Å². The van der Waals surface area contributed by atoms with E-state index >= 15 is 0 Å². The first kappa shape index (κ1) is 19.8. The minimum absolute atomic E-state index is 0.290. The second-order valence-corrected chi connectivity index (χ2v) is 8.27. The van der Waals surface area contributed by atoms with Crippen molar-refractivity contribution in [3.8, 4) is 17.1 Å². The monoisotopic (exact) mass is 415 g/mol. The van der Waals surface area contributed by atoms with Gasteiger partial charge in [-0.05, 0) is 73.3 Å². The van der Waals surface area contributed by atoms with Crippen molar-refractivity contribution in [1.29, 1.82) is 0 Å². The second-order valence-electron chi connectivity index (χ2n) is 8.27. The molecule has 1 fully saturated rings. The highest BCUT2D eigenvalue weighted by atomic mass is 19.1. The molecular weight excluding hydrogens is 389 g/mol. The number of hydrogen-bond donors (Lipinski definition) is 0. The summed E-state index contributed by atoms with van der Waals surface area (Å²) < 4.78 is 25.8. The summed E-state index contributed by atoms with van der Waals surface area (Å²) in [6.45, 7) is 3.02. The van der Waals surface area contributed by atoms with Gasteiger partial charge in [-0.15, -0.1) is 0 Å². The zero-order chi connectivity index (χ0) is 21.2. The van der Waals surface area contributed by atoms with Crippen molar-refractivity contribution in [2.24, 2.45) is 0 Å². The fourth-order valence-electron chi connectivity index (χ4n) is 4.62. The van der Waals surface area contributed by atoms with Crippen molar-refractivity contribution in [3.05, 3.63) is 89.7 Å². The third-order valence-corrected chi connectivity index (χ3v) is 6.27. The molecule has 0 unspecified atom stereocenters. The first-order chi connectivity index (χ1) is 15.2. The van der Waals surface area contributed by atoms with Crippen LogP contribution in [0.3, 0.4) is 0 Å². The van der Waals surface area contributed by atoms with E-state index in [0.717, 1.165) is 25.0 Å². The Morgan fingerprint density at radius 3 is 2.45 bits per heavy atom. The number of furan rings is 1. The average molecular weight is 416 g/mol. The Hall–Kier alpha value is -3.11. The SMILES string of the molecule is COc1cc(CN2CCC(c3ccccc3)CC2)cc2cc(-c3ccccc3F)oc12. The van der Waals surface area contributed by atoms with Gasteiger partial charge in [0.05, 0.1) is 12.7 Å². The number of likely N-dealkylation sites (tertiary alicyclic amines) is 1. The fourth-order valence-corrected chi connectivity index (χ4v) is 4.62. The summed E-state index contributed by atoms with van der Waals surface area (Å²) in [5.41, 5.74) is 3.75. The molecule has 0 saturated carbocycles. The molecule has 0 amide bonds. The Kier molecular flexibility index (Phi) is 5.47. The van der Waals surface area contributed by atoms with E-state index in [9.17, 15) is 4.39 Å². The van der Waals surface area contributed by atoms with E-state index in [4.69, 9.17) is 9.15 Å². The smallest absolute Gasteiger partial charge is 0.176 e. The lowest BCUT2D eigenvalue weighted by molar-refractivity contribution is 0.204. The van der Waals surface area contributed by atoms with Gasteiger partial charge in [-0.1, -0.05) is 42.5 Å². The molecule has 31 heavy (non-hydrogen) atoms. The lowest BCUT2D eigenvalue weighted by Gasteiger charge is -2.32. The maximum absolute atomic E-state index is 14.2. The molecular formula is C27H26FNO2. The average Bonchev–Trinajstić information content (AvgIpc) is 3.24. The first-order valence-electron chi connectivity index (χ1n) is 10.8. The van der Waals surface area contributed by atoms with Crippen LogP contribution in [0.2, 0.25) is 0 Å². The summed E-state index contributed by atoms with van der Waals surface area (Å²) >= 11 is 0. The highest BCUT2D eigenvalue weighted by Gasteiger charge is 2.21. The highest BCUT2D eigenvalue weighted by Crippen LogP contribution is 2.36. The van der Waals surface area contributed by atoms with Crippen molar-refractivity contribution in [1.82, 2.24) is 4.90 Å². The molecule has 3 aromatic carbocycles. The third kappa shape index (κ3) is 4.08. The van der Waals surface area contributed by atoms with Crippen molar-refractivity contribution < 1.29 is 13.5 Å². The van der Waals surface area contributed by atoms with Crippen LogP contribution in [-0.4, -0.2) is 25.1 Å². The molecule has 0 atom stereocenters. The summed E-state index contributed by atoms with van der Waals surface area (Å²) in [6, 6.07) is 23.6. The second kappa shape index (κ2) is 8.56. The van der Waals surface area contributed by atoms with Crippen LogP contribution in [0.25, 0.3) is 22.3 Å². The molecule has 3 nitrogen and oxygen atoms in total. The zero-order valence-corrected chi connectivity index (χ0v) is 17.7. The first-order valence-corrected chi connectivity index (χ1v) is 10.8. The summed E-state index contributed by atoms with van der Waals surface area (Å²) in [5.74, 6) is 1.56. The molecule has 158 valence electrons. The van der Waals surface area contributed by atoms with Crippen LogP contribution in [-0.2, 0) is 6.54 Å². The predicted octanol–water partition coefficient (Wildman–Crippen LogP) is 6.63. The van der Waals surface area contributed by atoms with Gasteiger partial charge in [0.25, 0.3) is 0 Å². The van der Waals surface area contributed by atoms with Gasteiger partial charge in [0.2, 0.25) is 0 Å². The Bertz CT molecular complexity index is 1180. The molecule has 2 heterocycles. The van der Waals surface area contributed by atoms with Gasteiger partial charge >= 0.3 is 0 Å². The van der Waals surface area contributed by atoms with Crippen molar-refractivity contribution in [2.45, 2.75) is 25.3 Å². The van der Waals surface area contributed by atoms with E-state index < -0.39 is 0 Å². The number of rotatable bonds is 5. The Morgan fingerprint density at radius 2 is 1.71 bits per heavy atom. The Morgan fingerprint density at radius 1 is 0.968 bits per heavy atom. The van der Waals surface area contributed by atoms with Gasteiger partial charge in [-0.25, -0.2) is 4.39 Å². The number of fused-ring (bicyclic) bond motifs is 1. The lowest BCUT2D eigenvalue weighted by atomic mass is 9.89. The number of methoxy groups -OCH3 is 1. The van der Waals surface area contributed by atoms with Crippen LogP contribution < -0.4 is 4.74 Å². The van der Waals surface area contributed by atoms with E-state index in [2.05, 4.69) is 41.3 Å². The van der Waals surface area contributed by atoms with Crippen LogP contribution in [0, 0.1) is 5.82 Å². The normalized spacial score (nSPS) is 15.4. The van der Waals surface area contributed by atoms with Crippen LogP contribution in [0.1, 0.15) is 29.9 Å². The molecule has 1 saturated heterocycles. The minimum atomic E-state index is -0.290. The van der Waals surface area contributed by atoms with Crippen molar-refractivity contribution in [3.63, 3.8) is 0 Å². The lowest BCUT2D eigenvalue weighted by Crippen LogP contribution is -2.32. The van der Waals surface area contributed by atoms with Gasteiger partial charge in [-0.3, -0.25) is 4.90 Å². The maximum atomic E-state index is 14.2. The topological polar surface area (TPSA) is 25.6 Å². The van der Waals surface area contributed by atoms with Gasteiger partial charge in [0.15, 0.2) is 11.3 Å². The summed E-state index contributed by atoms with van der Waals surface area (Å²) in [4.78, 5) is 2.50. The number of ether oxygens (including phenoxy) is 1. The van der Waals surface area contributed by atoms with Crippen LogP contribution >= 0.6 is 0 Å². The summed E-state index contributed by atoms with van der Waals surface area (Å²) in [7, 11) is 1.65. The Labute approximate surface area is 182 Å². The number of halogens is 1. The molecule has 5 rings (SSSR count). The van der Waals surface area contributed by atoms with E-state index in [1.54, 1.807) is 19.2 Å². The van der Waals surface area contributed by atoms with Crippen LogP contribution in [0.5, 0.6) is 5.75 Å².